The van der Waals surface area contributed by atoms with Crippen LogP contribution >= 0.6 is 0 Å². The average Bonchev–Trinajstić information content (AvgIpc) is 2.61. The van der Waals surface area contributed by atoms with Gasteiger partial charge in [0, 0.05) is 33.3 Å². The van der Waals surface area contributed by atoms with Crippen LogP contribution in [0.4, 0.5) is 0 Å². The van der Waals surface area contributed by atoms with Gasteiger partial charge >= 0.3 is 0 Å². The van der Waals surface area contributed by atoms with Crippen molar-refractivity contribution in [2.24, 2.45) is 0 Å². The topological polar surface area (TPSA) is 32.8 Å². The fourth-order valence-corrected chi connectivity index (χ4v) is 3.33. The van der Waals surface area contributed by atoms with Gasteiger partial charge in [-0.15, -0.1) is 0 Å². The Morgan fingerprint density at radius 1 is 1.13 bits per heavy atom. The number of hydrogen-bond donors (Lipinski definition) is 0. The van der Waals surface area contributed by atoms with E-state index in [9.17, 15) is 4.79 Å². The zero-order chi connectivity index (χ0) is 16.7. The summed E-state index contributed by atoms with van der Waals surface area (Å²) in [6.07, 6.45) is 6.11. The number of hydrogen-bond acceptors (Lipinski definition) is 3. The highest BCUT2D eigenvalue weighted by Gasteiger charge is 2.24. The molecule has 2 rings (SSSR count). The Hall–Kier alpha value is -1.39. The molecule has 1 aromatic carbocycles. The normalized spacial score (nSPS) is 17.2. The van der Waals surface area contributed by atoms with Crippen molar-refractivity contribution >= 4 is 5.91 Å². The Balaban J connectivity index is 1.86. The van der Waals surface area contributed by atoms with Gasteiger partial charge in [-0.25, -0.2) is 0 Å². The van der Waals surface area contributed by atoms with Gasteiger partial charge in [0.1, 0.15) is 0 Å². The number of ether oxygens (including phenoxy) is 1. The summed E-state index contributed by atoms with van der Waals surface area (Å²) < 4.78 is 5.44. The van der Waals surface area contributed by atoms with E-state index in [-0.39, 0.29) is 5.91 Å². The number of carbonyl (C=O) groups is 1. The fourth-order valence-electron chi connectivity index (χ4n) is 3.33. The van der Waals surface area contributed by atoms with Gasteiger partial charge in [-0.2, -0.15) is 0 Å². The molecule has 128 valence electrons. The van der Waals surface area contributed by atoms with Crippen LogP contribution in [-0.4, -0.2) is 56.0 Å². The molecule has 23 heavy (non-hydrogen) atoms. The smallest absolute Gasteiger partial charge is 0.256 e. The van der Waals surface area contributed by atoms with Crippen LogP contribution < -0.4 is 0 Å². The van der Waals surface area contributed by atoms with Crippen LogP contribution in [0.2, 0.25) is 0 Å². The lowest BCUT2D eigenvalue weighted by Crippen LogP contribution is -2.41. The lowest BCUT2D eigenvalue weighted by molar-refractivity contribution is -0.141. The molecule has 1 aliphatic rings. The summed E-state index contributed by atoms with van der Waals surface area (Å²) in [6.45, 7) is 1.65. The van der Waals surface area contributed by atoms with Crippen LogP contribution in [0.5, 0.6) is 0 Å². The van der Waals surface area contributed by atoms with Gasteiger partial charge in [-0.05, 0) is 25.5 Å². The Morgan fingerprint density at radius 3 is 2.39 bits per heavy atom. The molecule has 0 N–H and O–H groups in total. The predicted molar refractivity (Wildman–Crippen MR) is 93.3 cm³/mol. The molecule has 1 aromatic rings. The molecular formula is C19H30N2O2. The Morgan fingerprint density at radius 2 is 1.78 bits per heavy atom. The Labute approximate surface area is 140 Å². The minimum atomic E-state index is -0.513. The second-order valence-corrected chi connectivity index (χ2v) is 6.56. The van der Waals surface area contributed by atoms with Gasteiger partial charge in [0.25, 0.3) is 5.91 Å². The number of benzene rings is 1. The zero-order valence-corrected chi connectivity index (χ0v) is 14.7. The van der Waals surface area contributed by atoms with Crippen molar-refractivity contribution in [3.8, 4) is 0 Å². The predicted octanol–water partition coefficient (Wildman–Crippen LogP) is 3.10. The van der Waals surface area contributed by atoms with Crippen molar-refractivity contribution in [3.63, 3.8) is 0 Å². The van der Waals surface area contributed by atoms with E-state index in [1.165, 1.54) is 32.1 Å². The molecule has 1 atom stereocenters. The molecule has 0 aromatic heterocycles. The maximum absolute atomic E-state index is 12.6. The summed E-state index contributed by atoms with van der Waals surface area (Å²) in [5.41, 5.74) is 0.910. The molecule has 0 radical (unpaired) electrons. The first-order chi connectivity index (χ1) is 11.1. The highest BCUT2D eigenvalue weighted by molar-refractivity contribution is 5.82. The van der Waals surface area contributed by atoms with Crippen molar-refractivity contribution in [3.05, 3.63) is 35.9 Å². The minimum absolute atomic E-state index is 0.0238. The van der Waals surface area contributed by atoms with Crippen molar-refractivity contribution in [2.75, 3.05) is 34.3 Å². The largest absolute Gasteiger partial charge is 0.367 e. The summed E-state index contributed by atoms with van der Waals surface area (Å²) in [5, 5.41) is 0. The van der Waals surface area contributed by atoms with Gasteiger partial charge in [0.15, 0.2) is 6.10 Å². The first kappa shape index (κ1) is 18.0. The summed E-state index contributed by atoms with van der Waals surface area (Å²) in [7, 11) is 5.64. The van der Waals surface area contributed by atoms with E-state index in [0.717, 1.165) is 18.7 Å². The van der Waals surface area contributed by atoms with Gasteiger partial charge in [-0.3, -0.25) is 4.79 Å². The summed E-state index contributed by atoms with van der Waals surface area (Å²) >= 11 is 0. The summed E-state index contributed by atoms with van der Waals surface area (Å²) in [4.78, 5) is 16.8. The molecule has 0 heterocycles. The quantitative estimate of drug-likeness (QED) is 0.774. The number of amides is 1. The standard InChI is InChI=1S/C19H30N2O2/c1-20(17-12-8-5-9-13-17)14-15-21(2)19(22)18(23-3)16-10-6-4-7-11-16/h4,6-7,10-11,17-18H,5,8-9,12-15H2,1-3H3. The number of carbonyl (C=O) groups excluding carboxylic acids is 1. The third-order valence-electron chi connectivity index (χ3n) is 4.92. The molecule has 1 unspecified atom stereocenters. The zero-order valence-electron chi connectivity index (χ0n) is 14.7. The molecule has 1 amide bonds. The fraction of sp³-hybridized carbons (Fsp3) is 0.632. The second-order valence-electron chi connectivity index (χ2n) is 6.56. The highest BCUT2D eigenvalue weighted by Crippen LogP contribution is 2.22. The maximum atomic E-state index is 12.6. The van der Waals surface area contributed by atoms with E-state index >= 15 is 0 Å². The number of methoxy groups -OCH3 is 1. The lowest BCUT2D eigenvalue weighted by Gasteiger charge is -2.32. The monoisotopic (exact) mass is 318 g/mol. The van der Waals surface area contributed by atoms with E-state index in [1.54, 1.807) is 12.0 Å². The molecule has 1 fully saturated rings. The van der Waals surface area contributed by atoms with Crippen LogP contribution in [-0.2, 0) is 9.53 Å². The molecule has 0 bridgehead atoms. The van der Waals surface area contributed by atoms with Gasteiger partial charge in [0.05, 0.1) is 0 Å². The van der Waals surface area contributed by atoms with Crippen LogP contribution in [0.15, 0.2) is 30.3 Å². The summed E-state index contributed by atoms with van der Waals surface area (Å²) in [5.74, 6) is 0.0238. The molecule has 4 heteroatoms. The van der Waals surface area contributed by atoms with Crippen LogP contribution in [0, 0.1) is 0 Å². The average molecular weight is 318 g/mol. The first-order valence-corrected chi connectivity index (χ1v) is 8.66. The first-order valence-electron chi connectivity index (χ1n) is 8.66. The number of nitrogens with zero attached hydrogens (tertiary/aromatic N) is 2. The van der Waals surface area contributed by atoms with Crippen LogP contribution in [0.1, 0.15) is 43.8 Å². The van der Waals surface area contributed by atoms with Crippen LogP contribution in [0.3, 0.4) is 0 Å². The van der Waals surface area contributed by atoms with Gasteiger partial charge < -0.3 is 14.5 Å². The third-order valence-corrected chi connectivity index (χ3v) is 4.92. The number of likely N-dealkylation sites (N-methyl/N-ethyl adjacent to an activating group) is 2. The minimum Gasteiger partial charge on any atom is -0.367 e. The van der Waals surface area contributed by atoms with E-state index in [4.69, 9.17) is 4.74 Å². The molecule has 4 nitrogen and oxygen atoms in total. The molecule has 1 saturated carbocycles. The molecule has 0 aliphatic heterocycles. The lowest BCUT2D eigenvalue weighted by atomic mass is 9.94. The highest BCUT2D eigenvalue weighted by atomic mass is 16.5. The molecular weight excluding hydrogens is 288 g/mol. The van der Waals surface area contributed by atoms with E-state index < -0.39 is 6.10 Å². The summed E-state index contributed by atoms with van der Waals surface area (Å²) in [6, 6.07) is 10.4. The Bertz CT molecular complexity index is 472. The van der Waals surface area contributed by atoms with Crippen molar-refractivity contribution in [1.82, 2.24) is 9.80 Å². The van der Waals surface area contributed by atoms with Crippen molar-refractivity contribution < 1.29 is 9.53 Å². The number of rotatable bonds is 7. The van der Waals surface area contributed by atoms with Crippen molar-refractivity contribution in [1.29, 1.82) is 0 Å². The van der Waals surface area contributed by atoms with E-state index in [2.05, 4.69) is 11.9 Å². The van der Waals surface area contributed by atoms with Crippen LogP contribution in [0.25, 0.3) is 0 Å². The van der Waals surface area contributed by atoms with Crippen molar-refractivity contribution in [2.45, 2.75) is 44.2 Å². The Kier molecular flexibility index (Phi) is 7.06. The van der Waals surface area contributed by atoms with Gasteiger partial charge in [0.2, 0.25) is 0 Å². The molecule has 1 aliphatic carbocycles. The maximum Gasteiger partial charge on any atom is 0.256 e. The molecule has 0 spiro atoms. The van der Waals surface area contributed by atoms with E-state index in [0.29, 0.717) is 6.04 Å². The third kappa shape index (κ3) is 5.05. The van der Waals surface area contributed by atoms with E-state index in [1.807, 2.05) is 37.4 Å². The second kappa shape index (κ2) is 9.04. The SMILES string of the molecule is COC(C(=O)N(C)CCN(C)C1CCCCC1)c1ccccc1. The molecule has 0 saturated heterocycles. The van der Waals surface area contributed by atoms with Gasteiger partial charge in [-0.1, -0.05) is 49.6 Å².